The van der Waals surface area contributed by atoms with Gasteiger partial charge < -0.3 is 23.7 Å². The fourth-order valence-corrected chi connectivity index (χ4v) is 3.95. The predicted molar refractivity (Wildman–Crippen MR) is 125 cm³/mol. The number of hydrogen-bond acceptors (Lipinski definition) is 6. The molecule has 0 unspecified atom stereocenters. The normalized spacial score (nSPS) is 16.0. The van der Waals surface area contributed by atoms with E-state index in [2.05, 4.69) is 0 Å². The molecule has 6 nitrogen and oxygen atoms in total. The molecule has 0 saturated carbocycles. The zero-order valence-electron chi connectivity index (χ0n) is 20.1. The Balaban J connectivity index is 2.05. The lowest BCUT2D eigenvalue weighted by Crippen LogP contribution is -2.32. The van der Waals surface area contributed by atoms with E-state index in [9.17, 15) is 9.90 Å². The molecule has 0 atom stereocenters. The molecule has 6 heteroatoms. The number of phenolic OH excluding ortho intramolecular Hbond substituents is 1. The summed E-state index contributed by atoms with van der Waals surface area (Å²) in [6.45, 7) is 15.6. The lowest BCUT2D eigenvalue weighted by atomic mass is 9.92. The van der Waals surface area contributed by atoms with E-state index in [1.165, 1.54) is 0 Å². The average Bonchev–Trinajstić information content (AvgIpc) is 2.60. The zero-order valence-corrected chi connectivity index (χ0v) is 20.1. The first-order valence-corrected chi connectivity index (χ1v) is 11.0. The summed E-state index contributed by atoms with van der Waals surface area (Å²) in [5.41, 5.74) is -0.523. The van der Waals surface area contributed by atoms with Gasteiger partial charge in [-0.2, -0.15) is 0 Å². The van der Waals surface area contributed by atoms with E-state index >= 15 is 0 Å². The van der Waals surface area contributed by atoms with Crippen LogP contribution in [0.3, 0.4) is 0 Å². The summed E-state index contributed by atoms with van der Waals surface area (Å²) in [5, 5.41) is 11.5. The summed E-state index contributed by atoms with van der Waals surface area (Å²) in [4.78, 5) is 13.5. The van der Waals surface area contributed by atoms with Crippen molar-refractivity contribution in [3.05, 3.63) is 34.0 Å². The van der Waals surface area contributed by atoms with Gasteiger partial charge >= 0.3 is 0 Å². The molecule has 0 amide bonds. The Morgan fingerprint density at radius 2 is 1.69 bits per heavy atom. The Morgan fingerprint density at radius 1 is 1.03 bits per heavy atom. The molecule has 0 fully saturated rings. The van der Waals surface area contributed by atoms with Crippen molar-refractivity contribution in [3.63, 3.8) is 0 Å². The Kier molecular flexibility index (Phi) is 4.92. The summed E-state index contributed by atoms with van der Waals surface area (Å²) in [6.07, 6.45) is 1.37. The van der Waals surface area contributed by atoms with E-state index in [0.717, 1.165) is 6.42 Å². The Hall–Kier alpha value is -2.89. The Labute approximate surface area is 188 Å². The van der Waals surface area contributed by atoms with Crippen LogP contribution in [0.5, 0.6) is 23.0 Å². The van der Waals surface area contributed by atoms with Gasteiger partial charge in [0.05, 0.1) is 5.39 Å². The molecule has 0 spiro atoms. The summed E-state index contributed by atoms with van der Waals surface area (Å²) >= 11 is 0. The van der Waals surface area contributed by atoms with Crippen LogP contribution in [0, 0.1) is 0 Å². The van der Waals surface area contributed by atoms with E-state index in [-0.39, 0.29) is 33.3 Å². The fourth-order valence-electron chi connectivity index (χ4n) is 3.95. The van der Waals surface area contributed by atoms with Crippen molar-refractivity contribution >= 4 is 21.9 Å². The molecule has 2 aromatic carbocycles. The first-order valence-electron chi connectivity index (χ1n) is 11.0. The standard InChI is InChI=1S/C26H32O6/c1-24(2,3)30-16-10-9-15-21(28)19-18(29-22(15)23(16)32-25(4,5)6)13-17-14(20(19)27)11-12-26(7,8)31-17/h9-10,13,27H,11-12H2,1-8H3. The van der Waals surface area contributed by atoms with Crippen molar-refractivity contribution in [3.8, 4) is 23.0 Å². The molecule has 0 aliphatic carbocycles. The molecule has 4 rings (SSSR count). The molecule has 172 valence electrons. The van der Waals surface area contributed by atoms with Gasteiger partial charge in [0.1, 0.15) is 39.3 Å². The monoisotopic (exact) mass is 440 g/mol. The van der Waals surface area contributed by atoms with E-state index in [1.807, 2.05) is 55.4 Å². The third-order valence-corrected chi connectivity index (χ3v) is 5.28. The molecule has 32 heavy (non-hydrogen) atoms. The predicted octanol–water partition coefficient (Wildman–Crippen LogP) is 6.11. The second-order valence-electron chi connectivity index (χ2n) is 11.1. The highest BCUT2D eigenvalue weighted by atomic mass is 16.5. The quantitative estimate of drug-likeness (QED) is 0.485. The molecule has 1 aromatic heterocycles. The summed E-state index contributed by atoms with van der Waals surface area (Å²) < 4.78 is 24.7. The van der Waals surface area contributed by atoms with Crippen LogP contribution in [0.25, 0.3) is 21.9 Å². The number of benzene rings is 2. The second-order valence-corrected chi connectivity index (χ2v) is 11.1. The number of fused-ring (bicyclic) bond motifs is 3. The number of rotatable bonds is 2. The van der Waals surface area contributed by atoms with E-state index in [4.69, 9.17) is 18.6 Å². The number of ether oxygens (including phenoxy) is 3. The van der Waals surface area contributed by atoms with Crippen LogP contribution in [0.2, 0.25) is 0 Å². The van der Waals surface area contributed by atoms with Crippen molar-refractivity contribution in [2.45, 2.75) is 85.0 Å². The molecule has 1 aliphatic rings. The maximum atomic E-state index is 13.5. The van der Waals surface area contributed by atoms with Crippen LogP contribution in [-0.2, 0) is 6.42 Å². The van der Waals surface area contributed by atoms with E-state index < -0.39 is 11.2 Å². The zero-order chi connectivity index (χ0) is 23.6. The lowest BCUT2D eigenvalue weighted by molar-refractivity contribution is 0.0839. The van der Waals surface area contributed by atoms with Gasteiger partial charge in [-0.1, -0.05) is 0 Å². The molecule has 0 radical (unpaired) electrons. The minimum Gasteiger partial charge on any atom is -0.507 e. The molecule has 1 aliphatic heterocycles. The minimum atomic E-state index is -0.553. The molecule has 3 aromatic rings. The Bertz CT molecular complexity index is 1270. The van der Waals surface area contributed by atoms with Gasteiger partial charge in [0.2, 0.25) is 11.2 Å². The first-order chi connectivity index (χ1) is 14.7. The van der Waals surface area contributed by atoms with Gasteiger partial charge in [-0.3, -0.25) is 4.79 Å². The molecule has 0 saturated heterocycles. The van der Waals surface area contributed by atoms with Gasteiger partial charge in [-0.15, -0.1) is 0 Å². The third-order valence-electron chi connectivity index (χ3n) is 5.28. The molecule has 1 N–H and O–H groups in total. The third kappa shape index (κ3) is 4.10. The summed E-state index contributed by atoms with van der Waals surface area (Å²) in [6, 6.07) is 5.08. The number of hydrogen-bond donors (Lipinski definition) is 1. The van der Waals surface area contributed by atoms with Crippen molar-refractivity contribution in [2.75, 3.05) is 0 Å². The highest BCUT2D eigenvalue weighted by molar-refractivity contribution is 5.97. The topological polar surface area (TPSA) is 78.1 Å². The van der Waals surface area contributed by atoms with Crippen molar-refractivity contribution < 1.29 is 23.7 Å². The maximum Gasteiger partial charge on any atom is 0.205 e. The largest absolute Gasteiger partial charge is 0.507 e. The maximum absolute atomic E-state index is 13.5. The van der Waals surface area contributed by atoms with Crippen molar-refractivity contribution in [1.29, 1.82) is 0 Å². The van der Waals surface area contributed by atoms with Crippen LogP contribution >= 0.6 is 0 Å². The number of aromatic hydroxyl groups is 1. The molecular weight excluding hydrogens is 408 g/mol. The minimum absolute atomic E-state index is 0.0723. The van der Waals surface area contributed by atoms with Crippen LogP contribution in [0.15, 0.2) is 27.4 Å². The average molecular weight is 441 g/mol. The molecular formula is C26H32O6. The second kappa shape index (κ2) is 7.06. The SMILES string of the molecule is CC(C)(C)Oc1ccc2c(=O)c3c(O)c4c(cc3oc2c1OC(C)(C)C)OC(C)(C)CC4. The van der Waals surface area contributed by atoms with Crippen LogP contribution in [-0.4, -0.2) is 21.9 Å². The summed E-state index contributed by atoms with van der Waals surface area (Å²) in [5.74, 6) is 1.32. The Morgan fingerprint density at radius 3 is 2.31 bits per heavy atom. The molecule has 2 heterocycles. The first kappa shape index (κ1) is 22.3. The van der Waals surface area contributed by atoms with Crippen molar-refractivity contribution in [1.82, 2.24) is 0 Å². The lowest BCUT2D eigenvalue weighted by Gasteiger charge is -2.33. The van der Waals surface area contributed by atoms with Crippen molar-refractivity contribution in [2.24, 2.45) is 0 Å². The van der Waals surface area contributed by atoms with Crippen LogP contribution in [0.4, 0.5) is 0 Å². The van der Waals surface area contributed by atoms with Gasteiger partial charge in [0, 0.05) is 11.6 Å². The smallest absolute Gasteiger partial charge is 0.205 e. The van der Waals surface area contributed by atoms with Crippen LogP contribution < -0.4 is 19.6 Å². The summed E-state index contributed by atoms with van der Waals surface area (Å²) in [7, 11) is 0. The number of phenols is 1. The highest BCUT2D eigenvalue weighted by Crippen LogP contribution is 2.45. The van der Waals surface area contributed by atoms with Gasteiger partial charge in [0.15, 0.2) is 11.3 Å². The van der Waals surface area contributed by atoms with Gasteiger partial charge in [-0.05, 0) is 80.4 Å². The van der Waals surface area contributed by atoms with Gasteiger partial charge in [-0.25, -0.2) is 0 Å². The van der Waals surface area contributed by atoms with E-state index in [1.54, 1.807) is 18.2 Å². The fraction of sp³-hybridized carbons (Fsp3) is 0.500. The molecule has 0 bridgehead atoms. The van der Waals surface area contributed by atoms with E-state index in [0.29, 0.717) is 34.6 Å². The van der Waals surface area contributed by atoms with Gasteiger partial charge in [0.25, 0.3) is 0 Å². The highest BCUT2D eigenvalue weighted by Gasteiger charge is 2.31. The van der Waals surface area contributed by atoms with Crippen LogP contribution in [0.1, 0.15) is 67.4 Å².